The maximum Gasteiger partial charge on any atom is 0.416 e. The van der Waals surface area contributed by atoms with Gasteiger partial charge in [-0.1, -0.05) is 32.0 Å². The number of benzene rings is 1. The minimum absolute atomic E-state index is 0.195. The van der Waals surface area contributed by atoms with Gasteiger partial charge in [0.25, 0.3) is 0 Å². The fourth-order valence-corrected chi connectivity index (χ4v) is 1.75. The van der Waals surface area contributed by atoms with Crippen molar-refractivity contribution in [1.29, 1.82) is 0 Å². The highest BCUT2D eigenvalue weighted by Gasteiger charge is 2.34. The molecule has 17 heavy (non-hydrogen) atoms. The van der Waals surface area contributed by atoms with Gasteiger partial charge in [-0.2, -0.15) is 13.2 Å². The molecule has 0 fully saturated rings. The molecule has 1 rings (SSSR count). The first-order valence-electron chi connectivity index (χ1n) is 5.74. The number of hydrogen-bond acceptors (Lipinski definition) is 1. The van der Waals surface area contributed by atoms with Crippen LogP contribution in [0.2, 0.25) is 0 Å². The standard InChI is InChI=1S/C13H18F3N/c1-9(2)7-8-12(17)10-5-3-4-6-11(10)13(14,15)16/h3-6,9,12H,7-8,17H2,1-2H3. The van der Waals surface area contributed by atoms with Crippen LogP contribution in [0.3, 0.4) is 0 Å². The van der Waals surface area contributed by atoms with Gasteiger partial charge in [0, 0.05) is 6.04 Å². The summed E-state index contributed by atoms with van der Waals surface area (Å²) < 4.78 is 38.3. The lowest BCUT2D eigenvalue weighted by Gasteiger charge is -2.18. The molecule has 0 saturated carbocycles. The van der Waals surface area contributed by atoms with Crippen molar-refractivity contribution in [2.75, 3.05) is 0 Å². The smallest absolute Gasteiger partial charge is 0.324 e. The van der Waals surface area contributed by atoms with Gasteiger partial charge in [0.15, 0.2) is 0 Å². The van der Waals surface area contributed by atoms with Crippen LogP contribution in [-0.2, 0) is 6.18 Å². The highest BCUT2D eigenvalue weighted by Crippen LogP contribution is 2.35. The number of halogens is 3. The van der Waals surface area contributed by atoms with Crippen molar-refractivity contribution < 1.29 is 13.2 Å². The Labute approximate surface area is 99.8 Å². The fraction of sp³-hybridized carbons (Fsp3) is 0.538. The fourth-order valence-electron chi connectivity index (χ4n) is 1.75. The molecule has 0 aromatic heterocycles. The lowest BCUT2D eigenvalue weighted by atomic mass is 9.94. The zero-order valence-corrected chi connectivity index (χ0v) is 10.1. The van der Waals surface area contributed by atoms with Crippen LogP contribution < -0.4 is 5.73 Å². The van der Waals surface area contributed by atoms with Crippen molar-refractivity contribution in [2.45, 2.75) is 38.9 Å². The zero-order valence-electron chi connectivity index (χ0n) is 10.1. The van der Waals surface area contributed by atoms with Gasteiger partial charge in [-0.05, 0) is 30.4 Å². The Hall–Kier alpha value is -1.03. The van der Waals surface area contributed by atoms with Gasteiger partial charge in [0.05, 0.1) is 5.56 Å². The second-order valence-electron chi connectivity index (χ2n) is 4.66. The average molecular weight is 245 g/mol. The second kappa shape index (κ2) is 5.54. The van der Waals surface area contributed by atoms with Gasteiger partial charge in [-0.25, -0.2) is 0 Å². The van der Waals surface area contributed by atoms with Crippen molar-refractivity contribution in [1.82, 2.24) is 0 Å². The van der Waals surface area contributed by atoms with Crippen LogP contribution in [0.5, 0.6) is 0 Å². The van der Waals surface area contributed by atoms with E-state index in [0.717, 1.165) is 12.5 Å². The summed E-state index contributed by atoms with van der Waals surface area (Å²) in [7, 11) is 0. The van der Waals surface area contributed by atoms with E-state index in [2.05, 4.69) is 0 Å². The molecule has 96 valence electrons. The summed E-state index contributed by atoms with van der Waals surface area (Å²) in [5.41, 5.74) is 5.42. The highest BCUT2D eigenvalue weighted by atomic mass is 19.4. The molecule has 0 amide bonds. The van der Waals surface area contributed by atoms with Gasteiger partial charge >= 0.3 is 6.18 Å². The van der Waals surface area contributed by atoms with E-state index in [1.807, 2.05) is 13.8 Å². The van der Waals surface area contributed by atoms with Crippen LogP contribution in [-0.4, -0.2) is 0 Å². The average Bonchev–Trinajstić information content (AvgIpc) is 2.24. The van der Waals surface area contributed by atoms with Crippen LogP contribution in [0.25, 0.3) is 0 Å². The molecule has 0 spiro atoms. The van der Waals surface area contributed by atoms with Crippen LogP contribution in [0.4, 0.5) is 13.2 Å². The Morgan fingerprint density at radius 1 is 1.12 bits per heavy atom. The first-order valence-corrected chi connectivity index (χ1v) is 5.74. The molecular weight excluding hydrogens is 227 g/mol. The van der Waals surface area contributed by atoms with Gasteiger partial charge in [0.2, 0.25) is 0 Å². The minimum atomic E-state index is -4.33. The van der Waals surface area contributed by atoms with E-state index in [1.165, 1.54) is 12.1 Å². The van der Waals surface area contributed by atoms with E-state index in [-0.39, 0.29) is 5.56 Å². The second-order valence-corrected chi connectivity index (χ2v) is 4.66. The summed E-state index contributed by atoms with van der Waals surface area (Å²) in [5.74, 6) is 0.444. The molecular formula is C13H18F3N. The van der Waals surface area contributed by atoms with Crippen molar-refractivity contribution in [2.24, 2.45) is 11.7 Å². The SMILES string of the molecule is CC(C)CCC(N)c1ccccc1C(F)(F)F. The Bertz CT molecular complexity index is 358. The van der Waals surface area contributed by atoms with Crippen molar-refractivity contribution >= 4 is 0 Å². The predicted molar refractivity (Wildman–Crippen MR) is 62.4 cm³/mol. The molecule has 2 N–H and O–H groups in total. The van der Waals surface area contributed by atoms with Crippen LogP contribution in [0.15, 0.2) is 24.3 Å². The van der Waals surface area contributed by atoms with Crippen molar-refractivity contribution in [3.63, 3.8) is 0 Å². The number of rotatable bonds is 4. The molecule has 0 aliphatic carbocycles. The molecule has 1 atom stereocenters. The molecule has 0 aliphatic heterocycles. The summed E-state index contributed by atoms with van der Waals surface area (Å²) in [6.45, 7) is 4.06. The molecule has 0 radical (unpaired) electrons. The predicted octanol–water partition coefficient (Wildman–Crippen LogP) is 4.14. The number of hydrogen-bond donors (Lipinski definition) is 1. The molecule has 0 heterocycles. The van der Waals surface area contributed by atoms with Crippen LogP contribution in [0.1, 0.15) is 43.9 Å². The Morgan fingerprint density at radius 2 is 1.71 bits per heavy atom. The zero-order chi connectivity index (χ0) is 13.1. The van der Waals surface area contributed by atoms with E-state index < -0.39 is 17.8 Å². The van der Waals surface area contributed by atoms with E-state index in [4.69, 9.17) is 5.73 Å². The first-order chi connectivity index (χ1) is 7.82. The lowest BCUT2D eigenvalue weighted by molar-refractivity contribution is -0.138. The first kappa shape index (κ1) is 14.0. The van der Waals surface area contributed by atoms with E-state index >= 15 is 0 Å². The maximum absolute atomic E-state index is 12.8. The third-order valence-electron chi connectivity index (χ3n) is 2.72. The summed E-state index contributed by atoms with van der Waals surface area (Å²) in [6.07, 6.45) is -2.93. The van der Waals surface area contributed by atoms with Gasteiger partial charge < -0.3 is 5.73 Å². The normalized spacial score (nSPS) is 14.1. The molecule has 1 unspecified atom stereocenters. The molecule has 0 saturated heterocycles. The topological polar surface area (TPSA) is 26.0 Å². The maximum atomic E-state index is 12.8. The Kier molecular flexibility index (Phi) is 4.57. The molecule has 4 heteroatoms. The third kappa shape index (κ3) is 4.04. The molecule has 1 aromatic rings. The minimum Gasteiger partial charge on any atom is -0.324 e. The van der Waals surface area contributed by atoms with Crippen LogP contribution in [0, 0.1) is 5.92 Å². The lowest BCUT2D eigenvalue weighted by Crippen LogP contribution is -2.17. The summed E-state index contributed by atoms with van der Waals surface area (Å²) in [5, 5.41) is 0. The summed E-state index contributed by atoms with van der Waals surface area (Å²) in [6, 6.07) is 5.00. The van der Waals surface area contributed by atoms with Gasteiger partial charge in [-0.15, -0.1) is 0 Å². The quantitative estimate of drug-likeness (QED) is 0.847. The highest BCUT2D eigenvalue weighted by molar-refractivity contribution is 5.32. The van der Waals surface area contributed by atoms with Crippen molar-refractivity contribution in [3.05, 3.63) is 35.4 Å². The van der Waals surface area contributed by atoms with E-state index in [9.17, 15) is 13.2 Å². The van der Waals surface area contributed by atoms with E-state index in [1.54, 1.807) is 6.07 Å². The monoisotopic (exact) mass is 245 g/mol. The van der Waals surface area contributed by atoms with Crippen molar-refractivity contribution in [3.8, 4) is 0 Å². The molecule has 1 nitrogen and oxygen atoms in total. The molecule has 1 aromatic carbocycles. The summed E-state index contributed by atoms with van der Waals surface area (Å²) in [4.78, 5) is 0. The number of alkyl halides is 3. The van der Waals surface area contributed by atoms with Crippen LogP contribution >= 0.6 is 0 Å². The number of nitrogens with two attached hydrogens (primary N) is 1. The molecule has 0 bridgehead atoms. The largest absolute Gasteiger partial charge is 0.416 e. The van der Waals surface area contributed by atoms with Gasteiger partial charge in [-0.3, -0.25) is 0 Å². The van der Waals surface area contributed by atoms with Gasteiger partial charge in [0.1, 0.15) is 0 Å². The third-order valence-corrected chi connectivity index (χ3v) is 2.72. The van der Waals surface area contributed by atoms with E-state index in [0.29, 0.717) is 12.3 Å². The summed E-state index contributed by atoms with van der Waals surface area (Å²) >= 11 is 0. The Morgan fingerprint density at radius 3 is 2.24 bits per heavy atom. The Balaban J connectivity index is 2.89. The molecule has 0 aliphatic rings.